The van der Waals surface area contributed by atoms with Gasteiger partial charge in [0.25, 0.3) is 0 Å². The highest BCUT2D eigenvalue weighted by molar-refractivity contribution is 5.84. The summed E-state index contributed by atoms with van der Waals surface area (Å²) in [5, 5.41) is 10.6. The highest BCUT2D eigenvalue weighted by Gasteiger charge is 2.28. The summed E-state index contributed by atoms with van der Waals surface area (Å²) in [4.78, 5) is 13.8. The van der Waals surface area contributed by atoms with Crippen LogP contribution in [-0.2, 0) is 4.79 Å². The molecule has 1 aromatic rings. The van der Waals surface area contributed by atoms with Crippen molar-refractivity contribution < 1.29 is 4.79 Å². The molecule has 3 N–H and O–H groups in total. The number of rotatable bonds is 2. The Labute approximate surface area is 100 Å². The van der Waals surface area contributed by atoms with Crippen LogP contribution in [0.5, 0.6) is 0 Å². The lowest BCUT2D eigenvalue weighted by atomic mass is 10.0. The number of carbonyl (C=O) groups is 1. The van der Waals surface area contributed by atoms with Gasteiger partial charge in [-0.15, -0.1) is 10.2 Å². The normalized spacial score (nSPS) is 20.1. The van der Waals surface area contributed by atoms with Crippen LogP contribution in [0.3, 0.4) is 0 Å². The minimum absolute atomic E-state index is 0.0309. The van der Waals surface area contributed by atoms with Crippen molar-refractivity contribution in [1.29, 1.82) is 0 Å². The lowest BCUT2D eigenvalue weighted by Gasteiger charge is -2.34. The summed E-state index contributed by atoms with van der Waals surface area (Å²) in [6.45, 7) is 0.830. The molecule has 6 heteroatoms. The zero-order chi connectivity index (χ0) is 12.3. The second-order valence-electron chi connectivity index (χ2n) is 4.14. The molecule has 17 heavy (non-hydrogen) atoms. The molecule has 0 aliphatic carbocycles. The van der Waals surface area contributed by atoms with Crippen LogP contribution in [0.1, 0.15) is 19.3 Å². The third-order valence-electron chi connectivity index (χ3n) is 3.02. The van der Waals surface area contributed by atoms with Gasteiger partial charge in [0.15, 0.2) is 5.82 Å². The fourth-order valence-corrected chi connectivity index (χ4v) is 2.13. The molecule has 1 saturated heterocycles. The Morgan fingerprint density at radius 1 is 1.47 bits per heavy atom. The molecule has 1 unspecified atom stereocenters. The van der Waals surface area contributed by atoms with Crippen LogP contribution < -0.4 is 16.0 Å². The van der Waals surface area contributed by atoms with E-state index in [0.29, 0.717) is 11.6 Å². The monoisotopic (exact) mass is 235 g/mol. The van der Waals surface area contributed by atoms with Crippen molar-refractivity contribution in [3.8, 4) is 0 Å². The molecule has 1 atom stereocenters. The van der Waals surface area contributed by atoms with Gasteiger partial charge in [0.1, 0.15) is 11.9 Å². The van der Waals surface area contributed by atoms with E-state index in [-0.39, 0.29) is 11.9 Å². The number of hydrogen-bond donors (Lipinski definition) is 2. The summed E-state index contributed by atoms with van der Waals surface area (Å²) >= 11 is 0. The second-order valence-corrected chi connectivity index (χ2v) is 4.14. The van der Waals surface area contributed by atoms with Gasteiger partial charge in [-0.2, -0.15) is 0 Å². The summed E-state index contributed by atoms with van der Waals surface area (Å²) in [5.74, 6) is 1.14. The van der Waals surface area contributed by atoms with Gasteiger partial charge in [-0.25, -0.2) is 0 Å². The topological polar surface area (TPSA) is 84.1 Å². The van der Waals surface area contributed by atoms with E-state index in [1.807, 2.05) is 11.0 Å². The zero-order valence-electron chi connectivity index (χ0n) is 9.89. The predicted octanol–water partition coefficient (Wildman–Crippen LogP) is 0.164. The second kappa shape index (κ2) is 4.99. The Bertz CT molecular complexity index is 391. The van der Waals surface area contributed by atoms with Crippen molar-refractivity contribution in [1.82, 2.24) is 15.5 Å². The quantitative estimate of drug-likeness (QED) is 0.763. The molecule has 92 valence electrons. The average Bonchev–Trinajstić information content (AvgIpc) is 2.39. The smallest absolute Gasteiger partial charge is 0.242 e. The maximum absolute atomic E-state index is 11.8. The van der Waals surface area contributed by atoms with Crippen LogP contribution in [0, 0.1) is 0 Å². The van der Waals surface area contributed by atoms with Crippen molar-refractivity contribution >= 4 is 17.5 Å². The first-order valence-electron chi connectivity index (χ1n) is 5.80. The van der Waals surface area contributed by atoms with Gasteiger partial charge in [-0.1, -0.05) is 0 Å². The van der Waals surface area contributed by atoms with Crippen LogP contribution in [0.4, 0.5) is 11.6 Å². The first-order chi connectivity index (χ1) is 8.22. The average molecular weight is 235 g/mol. The van der Waals surface area contributed by atoms with Crippen molar-refractivity contribution in [2.45, 2.75) is 25.3 Å². The van der Waals surface area contributed by atoms with Crippen LogP contribution in [0.15, 0.2) is 12.1 Å². The zero-order valence-corrected chi connectivity index (χ0v) is 9.89. The van der Waals surface area contributed by atoms with E-state index in [1.54, 1.807) is 13.1 Å². The number of hydrogen-bond acceptors (Lipinski definition) is 5. The van der Waals surface area contributed by atoms with E-state index in [4.69, 9.17) is 5.73 Å². The number of anilines is 2. The first kappa shape index (κ1) is 11.6. The van der Waals surface area contributed by atoms with Gasteiger partial charge in [-0.3, -0.25) is 4.79 Å². The van der Waals surface area contributed by atoms with Gasteiger partial charge < -0.3 is 16.0 Å². The Morgan fingerprint density at radius 3 is 2.94 bits per heavy atom. The molecule has 6 nitrogen and oxygen atoms in total. The van der Waals surface area contributed by atoms with Crippen molar-refractivity contribution in [3.05, 3.63) is 12.1 Å². The number of piperidine rings is 1. The largest absolute Gasteiger partial charge is 0.382 e. The molecule has 1 aliphatic rings. The standard InChI is InChI=1S/C11H17N5O/c1-13-11(17)8-4-2-3-7-16(8)10-6-5-9(12)14-15-10/h5-6,8H,2-4,7H2,1H3,(H2,12,14)(H,13,17). The highest BCUT2D eigenvalue weighted by Crippen LogP contribution is 2.22. The fraction of sp³-hybridized carbons (Fsp3) is 0.545. The van der Waals surface area contributed by atoms with Crippen molar-refractivity contribution in [2.24, 2.45) is 0 Å². The minimum Gasteiger partial charge on any atom is -0.382 e. The van der Waals surface area contributed by atoms with E-state index in [9.17, 15) is 4.79 Å². The number of carbonyl (C=O) groups excluding carboxylic acids is 1. The molecule has 0 bridgehead atoms. The molecule has 1 aromatic heterocycles. The Hall–Kier alpha value is -1.85. The Kier molecular flexibility index (Phi) is 3.41. The molecule has 1 aliphatic heterocycles. The molecule has 1 fully saturated rings. The number of nitrogens with zero attached hydrogens (tertiary/aromatic N) is 3. The van der Waals surface area contributed by atoms with E-state index >= 15 is 0 Å². The van der Waals surface area contributed by atoms with Crippen LogP contribution in [0.2, 0.25) is 0 Å². The molecular weight excluding hydrogens is 218 g/mol. The van der Waals surface area contributed by atoms with Gasteiger partial charge in [0, 0.05) is 13.6 Å². The maximum atomic E-state index is 11.8. The third kappa shape index (κ3) is 2.46. The van der Waals surface area contributed by atoms with E-state index in [2.05, 4.69) is 15.5 Å². The summed E-state index contributed by atoms with van der Waals surface area (Å²) in [6.07, 6.45) is 2.99. The van der Waals surface area contributed by atoms with Gasteiger partial charge in [0.2, 0.25) is 5.91 Å². The molecule has 0 radical (unpaired) electrons. The Morgan fingerprint density at radius 2 is 2.29 bits per heavy atom. The molecule has 1 amide bonds. The SMILES string of the molecule is CNC(=O)C1CCCCN1c1ccc(N)nn1. The summed E-state index contributed by atoms with van der Waals surface area (Å²) < 4.78 is 0. The molecular formula is C11H17N5O. The van der Waals surface area contributed by atoms with Crippen LogP contribution >= 0.6 is 0 Å². The third-order valence-corrected chi connectivity index (χ3v) is 3.02. The van der Waals surface area contributed by atoms with E-state index < -0.39 is 0 Å². The summed E-state index contributed by atoms with van der Waals surface area (Å²) in [5.41, 5.74) is 5.51. The predicted molar refractivity (Wildman–Crippen MR) is 65.5 cm³/mol. The lowest BCUT2D eigenvalue weighted by Crippen LogP contribution is -2.49. The van der Waals surface area contributed by atoms with Crippen LogP contribution in [0.25, 0.3) is 0 Å². The summed E-state index contributed by atoms with van der Waals surface area (Å²) in [6, 6.07) is 3.37. The minimum atomic E-state index is -0.147. The van der Waals surface area contributed by atoms with Gasteiger partial charge >= 0.3 is 0 Å². The molecule has 2 rings (SSSR count). The van der Waals surface area contributed by atoms with Crippen molar-refractivity contribution in [3.63, 3.8) is 0 Å². The van der Waals surface area contributed by atoms with E-state index in [0.717, 1.165) is 25.8 Å². The fourth-order valence-electron chi connectivity index (χ4n) is 2.13. The lowest BCUT2D eigenvalue weighted by molar-refractivity contribution is -0.122. The number of likely N-dealkylation sites (N-methyl/N-ethyl adjacent to an activating group) is 1. The van der Waals surface area contributed by atoms with Crippen LogP contribution in [-0.4, -0.2) is 35.7 Å². The molecule has 0 spiro atoms. The van der Waals surface area contributed by atoms with Gasteiger partial charge in [-0.05, 0) is 31.4 Å². The first-order valence-corrected chi connectivity index (χ1v) is 5.80. The Balaban J connectivity index is 2.21. The summed E-state index contributed by atoms with van der Waals surface area (Å²) in [7, 11) is 1.66. The van der Waals surface area contributed by atoms with Crippen molar-refractivity contribution in [2.75, 3.05) is 24.2 Å². The number of nitrogens with one attached hydrogen (secondary N) is 1. The molecule has 2 heterocycles. The number of amides is 1. The molecule has 0 aromatic carbocycles. The maximum Gasteiger partial charge on any atom is 0.242 e. The molecule has 0 saturated carbocycles. The number of nitrogen functional groups attached to an aromatic ring is 1. The highest BCUT2D eigenvalue weighted by atomic mass is 16.2. The number of aromatic nitrogens is 2. The van der Waals surface area contributed by atoms with Gasteiger partial charge in [0.05, 0.1) is 0 Å². The number of nitrogens with two attached hydrogens (primary N) is 1. The van der Waals surface area contributed by atoms with E-state index in [1.165, 1.54) is 0 Å².